The van der Waals surface area contributed by atoms with Gasteiger partial charge in [0, 0.05) is 45.8 Å². The van der Waals surface area contributed by atoms with E-state index in [2.05, 4.69) is 15.0 Å². The number of likely N-dealkylation sites (tertiary alicyclic amines) is 1. The average molecular weight is 441 g/mol. The van der Waals surface area contributed by atoms with Crippen LogP contribution in [-0.4, -0.2) is 56.1 Å². The highest BCUT2D eigenvalue weighted by molar-refractivity contribution is 5.76. The summed E-state index contributed by atoms with van der Waals surface area (Å²) >= 11 is 0. The Morgan fingerprint density at radius 1 is 1.16 bits per heavy atom. The molecule has 0 radical (unpaired) electrons. The molecule has 1 saturated heterocycles. The molecule has 32 heavy (non-hydrogen) atoms. The number of fused-ring (bicyclic) bond motifs is 1. The fourth-order valence-corrected chi connectivity index (χ4v) is 3.88. The Bertz CT molecular complexity index is 1220. The number of ether oxygens (including phenoxy) is 2. The van der Waals surface area contributed by atoms with Gasteiger partial charge < -0.3 is 19.4 Å². The van der Waals surface area contributed by atoms with Gasteiger partial charge in [-0.2, -0.15) is 0 Å². The summed E-state index contributed by atoms with van der Waals surface area (Å²) in [7, 11) is 1.54. The molecular formula is C22H27N5O5. The van der Waals surface area contributed by atoms with Crippen molar-refractivity contribution >= 4 is 17.1 Å². The van der Waals surface area contributed by atoms with Crippen molar-refractivity contribution in [3.63, 3.8) is 0 Å². The van der Waals surface area contributed by atoms with Crippen LogP contribution in [0.15, 0.2) is 33.9 Å². The van der Waals surface area contributed by atoms with E-state index in [9.17, 15) is 14.4 Å². The van der Waals surface area contributed by atoms with Crippen LogP contribution in [0.4, 0.5) is 0 Å². The number of rotatable bonds is 7. The van der Waals surface area contributed by atoms with Gasteiger partial charge in [-0.05, 0) is 19.1 Å². The minimum absolute atomic E-state index is 0.0291. The van der Waals surface area contributed by atoms with E-state index in [4.69, 9.17) is 9.47 Å². The molecule has 3 heterocycles. The number of hydrogen-bond acceptors (Lipinski definition) is 6. The van der Waals surface area contributed by atoms with Crippen molar-refractivity contribution in [2.45, 2.75) is 38.7 Å². The van der Waals surface area contributed by atoms with Gasteiger partial charge in [0.2, 0.25) is 5.91 Å². The molecule has 2 aromatic heterocycles. The van der Waals surface area contributed by atoms with E-state index in [1.165, 1.54) is 11.6 Å². The maximum atomic E-state index is 12.7. The summed E-state index contributed by atoms with van der Waals surface area (Å²) < 4.78 is 13.0. The van der Waals surface area contributed by atoms with Crippen LogP contribution in [0.2, 0.25) is 0 Å². The number of piperidine rings is 1. The molecular weight excluding hydrogens is 414 g/mol. The van der Waals surface area contributed by atoms with Crippen molar-refractivity contribution in [2.24, 2.45) is 7.05 Å². The van der Waals surface area contributed by atoms with Crippen LogP contribution in [0.3, 0.4) is 0 Å². The van der Waals surface area contributed by atoms with Gasteiger partial charge in [-0.3, -0.25) is 19.1 Å². The van der Waals surface area contributed by atoms with Crippen LogP contribution < -0.4 is 20.7 Å². The van der Waals surface area contributed by atoms with E-state index in [0.29, 0.717) is 31.9 Å². The number of para-hydroxylation sites is 2. The summed E-state index contributed by atoms with van der Waals surface area (Å²) in [6.45, 7) is 3.75. The Labute approximate surface area is 184 Å². The maximum absolute atomic E-state index is 12.7. The van der Waals surface area contributed by atoms with Crippen LogP contribution in [0.5, 0.6) is 11.5 Å². The van der Waals surface area contributed by atoms with Gasteiger partial charge in [-0.15, -0.1) is 0 Å². The van der Waals surface area contributed by atoms with E-state index >= 15 is 0 Å². The number of carbonyl (C=O) groups is 1. The van der Waals surface area contributed by atoms with Crippen molar-refractivity contribution < 1.29 is 14.3 Å². The third-order valence-electron chi connectivity index (χ3n) is 5.62. The zero-order valence-corrected chi connectivity index (χ0v) is 18.2. The van der Waals surface area contributed by atoms with Gasteiger partial charge in [0.1, 0.15) is 17.4 Å². The summed E-state index contributed by atoms with van der Waals surface area (Å²) in [4.78, 5) is 47.6. The van der Waals surface area contributed by atoms with Gasteiger partial charge in [0.05, 0.1) is 6.61 Å². The zero-order valence-electron chi connectivity index (χ0n) is 18.2. The van der Waals surface area contributed by atoms with Gasteiger partial charge >= 0.3 is 5.69 Å². The molecule has 0 aliphatic carbocycles. The highest BCUT2D eigenvalue weighted by Gasteiger charge is 2.25. The van der Waals surface area contributed by atoms with Crippen molar-refractivity contribution in [3.8, 4) is 11.5 Å². The minimum atomic E-state index is -0.523. The lowest BCUT2D eigenvalue weighted by Gasteiger charge is -2.32. The first-order valence-electron chi connectivity index (χ1n) is 10.8. The van der Waals surface area contributed by atoms with Crippen molar-refractivity contribution in [1.82, 2.24) is 24.4 Å². The molecule has 1 aliphatic rings. The third kappa shape index (κ3) is 4.53. The Balaban J connectivity index is 1.31. The lowest BCUT2D eigenvalue weighted by molar-refractivity contribution is -0.133. The molecule has 10 nitrogen and oxygen atoms in total. The molecule has 2 N–H and O–H groups in total. The second kappa shape index (κ2) is 9.29. The van der Waals surface area contributed by atoms with Crippen molar-refractivity contribution in [2.75, 3.05) is 19.7 Å². The number of aromatic nitrogens is 4. The van der Waals surface area contributed by atoms with Crippen LogP contribution in [-0.2, 0) is 18.3 Å². The molecule has 10 heteroatoms. The molecule has 1 aliphatic heterocycles. The molecule has 4 rings (SSSR count). The minimum Gasteiger partial charge on any atom is -0.490 e. The lowest BCUT2D eigenvalue weighted by Crippen LogP contribution is -2.41. The average Bonchev–Trinajstić information content (AvgIpc) is 3.23. The number of benzene rings is 1. The quantitative estimate of drug-likeness (QED) is 0.571. The number of nitrogens with zero attached hydrogens (tertiary/aromatic N) is 3. The van der Waals surface area contributed by atoms with E-state index in [1.54, 1.807) is 0 Å². The van der Waals surface area contributed by atoms with Crippen molar-refractivity contribution in [1.29, 1.82) is 0 Å². The molecule has 0 saturated carbocycles. The van der Waals surface area contributed by atoms with Gasteiger partial charge in [0.25, 0.3) is 5.56 Å². The number of aromatic amines is 2. The SMILES string of the molecule is CCOc1ccccc1OC1CCN(C(=O)CCc2nc3c([nH]2)c(=O)[nH]c(=O)n3C)CC1. The van der Waals surface area contributed by atoms with E-state index in [0.717, 1.165) is 24.3 Å². The number of carbonyl (C=O) groups excluding carboxylic acids is 1. The molecule has 0 atom stereocenters. The normalized spacial score (nSPS) is 14.6. The summed E-state index contributed by atoms with van der Waals surface area (Å²) in [5.74, 6) is 2.00. The Morgan fingerprint density at radius 3 is 2.59 bits per heavy atom. The second-order valence-corrected chi connectivity index (χ2v) is 7.78. The van der Waals surface area contributed by atoms with Crippen LogP contribution in [0.25, 0.3) is 11.2 Å². The van der Waals surface area contributed by atoms with E-state index < -0.39 is 11.2 Å². The fourth-order valence-electron chi connectivity index (χ4n) is 3.88. The van der Waals surface area contributed by atoms with E-state index in [1.807, 2.05) is 36.1 Å². The third-order valence-corrected chi connectivity index (χ3v) is 5.62. The number of imidazole rings is 1. The number of H-pyrrole nitrogens is 2. The topological polar surface area (TPSA) is 122 Å². The van der Waals surface area contributed by atoms with Crippen LogP contribution in [0.1, 0.15) is 32.0 Å². The number of hydrogen-bond donors (Lipinski definition) is 2. The number of nitrogens with one attached hydrogen (secondary N) is 2. The molecule has 1 fully saturated rings. The molecule has 1 aromatic carbocycles. The lowest BCUT2D eigenvalue weighted by atomic mass is 10.1. The Morgan fingerprint density at radius 2 is 1.88 bits per heavy atom. The predicted molar refractivity (Wildman–Crippen MR) is 118 cm³/mol. The monoisotopic (exact) mass is 441 g/mol. The highest BCUT2D eigenvalue weighted by atomic mass is 16.5. The molecule has 0 spiro atoms. The second-order valence-electron chi connectivity index (χ2n) is 7.78. The van der Waals surface area contributed by atoms with Gasteiger partial charge in [-0.25, -0.2) is 9.78 Å². The van der Waals surface area contributed by atoms with Crippen molar-refractivity contribution in [3.05, 3.63) is 50.9 Å². The zero-order chi connectivity index (χ0) is 22.7. The first-order valence-corrected chi connectivity index (χ1v) is 10.8. The fraction of sp³-hybridized carbons (Fsp3) is 0.455. The van der Waals surface area contributed by atoms with Gasteiger partial charge in [0.15, 0.2) is 17.1 Å². The smallest absolute Gasteiger partial charge is 0.329 e. The van der Waals surface area contributed by atoms with E-state index in [-0.39, 0.29) is 29.6 Å². The summed E-state index contributed by atoms with van der Waals surface area (Å²) in [6, 6.07) is 7.62. The Kier molecular flexibility index (Phi) is 6.29. The summed E-state index contributed by atoms with van der Waals surface area (Å²) in [6.07, 6.45) is 2.15. The number of aryl methyl sites for hydroxylation is 2. The first-order chi connectivity index (χ1) is 15.5. The predicted octanol–water partition coefficient (Wildman–Crippen LogP) is 1.35. The van der Waals surface area contributed by atoms with Crippen LogP contribution in [0, 0.1) is 0 Å². The number of amides is 1. The van der Waals surface area contributed by atoms with Gasteiger partial charge in [-0.1, -0.05) is 12.1 Å². The summed E-state index contributed by atoms with van der Waals surface area (Å²) in [5, 5.41) is 0. The Hall–Kier alpha value is -3.56. The molecule has 1 amide bonds. The van der Waals surface area contributed by atoms with Crippen LogP contribution >= 0.6 is 0 Å². The first kappa shape index (κ1) is 21.7. The highest BCUT2D eigenvalue weighted by Crippen LogP contribution is 2.29. The standard InChI is InChI=1S/C22H27N5O5/c1-3-31-15-6-4-5-7-16(15)32-14-10-12-27(13-11-14)18(28)9-8-17-23-19-20(24-17)26(2)22(30)25-21(19)29/h4-7,14H,3,8-13H2,1-2H3,(H,23,24)(H,25,29,30). The molecule has 170 valence electrons. The molecule has 0 unspecified atom stereocenters. The molecule has 3 aromatic rings. The molecule has 0 bridgehead atoms. The maximum Gasteiger partial charge on any atom is 0.329 e. The largest absolute Gasteiger partial charge is 0.490 e. The summed E-state index contributed by atoms with van der Waals surface area (Å²) in [5.41, 5.74) is -0.516.